The van der Waals surface area contributed by atoms with E-state index >= 15 is 0 Å². The van der Waals surface area contributed by atoms with E-state index in [-0.39, 0.29) is 12.4 Å². The van der Waals surface area contributed by atoms with Crippen LogP contribution in [0, 0.1) is 0 Å². The predicted molar refractivity (Wildman–Crippen MR) is 115 cm³/mol. The Balaban J connectivity index is 2.16. The van der Waals surface area contributed by atoms with Crippen LogP contribution in [0.4, 0.5) is 0 Å². The zero-order chi connectivity index (χ0) is 21.8. The second kappa shape index (κ2) is 9.66. The van der Waals surface area contributed by atoms with Crippen molar-refractivity contribution < 1.29 is 28.5 Å². The van der Waals surface area contributed by atoms with Crippen LogP contribution in [-0.2, 0) is 19.1 Å². The number of carbonyl (C=O) groups is 2. The molecule has 0 aromatic heterocycles. The van der Waals surface area contributed by atoms with E-state index in [1.165, 1.54) is 0 Å². The number of rotatable bonds is 7. The minimum Gasteiger partial charge on any atom is -0.493 e. The summed E-state index contributed by atoms with van der Waals surface area (Å²) in [6.07, 6.45) is 1.99. The van der Waals surface area contributed by atoms with Crippen LogP contribution in [0.5, 0.6) is 11.5 Å². The lowest BCUT2D eigenvalue weighted by molar-refractivity contribution is -0.140. The number of hydrogen-bond acceptors (Lipinski definition) is 7. The molecular weight excluding hydrogens is 454 g/mol. The van der Waals surface area contributed by atoms with Crippen LogP contribution in [0.25, 0.3) is 0 Å². The highest BCUT2D eigenvalue weighted by Gasteiger charge is 2.40. The summed E-state index contributed by atoms with van der Waals surface area (Å²) in [6.45, 7) is 2.26. The predicted octanol–water partition coefficient (Wildman–Crippen LogP) is 3.62. The van der Waals surface area contributed by atoms with E-state index < -0.39 is 11.9 Å². The number of esters is 1. The molecule has 3 rings (SSSR count). The van der Waals surface area contributed by atoms with Crippen LogP contribution in [0.2, 0.25) is 0 Å². The quantitative estimate of drug-likeness (QED) is 0.472. The molecule has 0 fully saturated rings. The van der Waals surface area contributed by atoms with Crippen molar-refractivity contribution in [2.75, 3.05) is 34.5 Å². The van der Waals surface area contributed by atoms with Gasteiger partial charge >= 0.3 is 5.97 Å². The van der Waals surface area contributed by atoms with Crippen LogP contribution in [0.1, 0.15) is 37.7 Å². The number of ketones is 1. The summed E-state index contributed by atoms with van der Waals surface area (Å²) in [4.78, 5) is 26.0. The van der Waals surface area contributed by atoms with Crippen LogP contribution in [0.15, 0.2) is 39.1 Å². The van der Waals surface area contributed by atoms with Gasteiger partial charge in [0.25, 0.3) is 0 Å². The summed E-state index contributed by atoms with van der Waals surface area (Å²) in [7, 11) is 4.65. The van der Waals surface area contributed by atoms with Gasteiger partial charge in [0, 0.05) is 40.9 Å². The number of ether oxygens (including phenoxy) is 4. The molecule has 1 aromatic carbocycles. The number of hydrogen-bond donors (Lipinski definition) is 1. The summed E-state index contributed by atoms with van der Waals surface area (Å²) < 4.78 is 22.0. The fourth-order valence-electron chi connectivity index (χ4n) is 3.95. The molecule has 30 heavy (non-hydrogen) atoms. The van der Waals surface area contributed by atoms with Crippen molar-refractivity contribution in [2.45, 2.75) is 32.1 Å². The third-order valence-electron chi connectivity index (χ3n) is 5.33. The maximum absolute atomic E-state index is 13.1. The lowest BCUT2D eigenvalue weighted by Gasteiger charge is -2.34. The third-order valence-corrected chi connectivity index (χ3v) is 6.02. The zero-order valence-electron chi connectivity index (χ0n) is 17.6. The van der Waals surface area contributed by atoms with Crippen molar-refractivity contribution in [1.29, 1.82) is 0 Å². The molecule has 8 heteroatoms. The molecule has 1 aliphatic carbocycles. The van der Waals surface area contributed by atoms with Gasteiger partial charge in [-0.05, 0) is 37.5 Å². The van der Waals surface area contributed by atoms with Crippen LogP contribution in [-0.4, -0.2) is 46.3 Å². The number of halogens is 1. The van der Waals surface area contributed by atoms with Crippen molar-refractivity contribution in [2.24, 2.45) is 0 Å². The average Bonchev–Trinajstić information content (AvgIpc) is 2.72. The molecule has 162 valence electrons. The molecule has 0 unspecified atom stereocenters. The molecule has 0 amide bonds. The minimum absolute atomic E-state index is 0.0325. The van der Waals surface area contributed by atoms with Crippen molar-refractivity contribution in [3.8, 4) is 11.5 Å². The summed E-state index contributed by atoms with van der Waals surface area (Å²) in [5.41, 5.74) is 3.31. The van der Waals surface area contributed by atoms with Gasteiger partial charge in [0.15, 0.2) is 17.3 Å². The lowest BCUT2D eigenvalue weighted by atomic mass is 9.75. The second-order valence-corrected chi connectivity index (χ2v) is 7.98. The van der Waals surface area contributed by atoms with E-state index in [2.05, 4.69) is 21.2 Å². The molecule has 0 radical (unpaired) electrons. The van der Waals surface area contributed by atoms with E-state index in [0.29, 0.717) is 45.8 Å². The van der Waals surface area contributed by atoms with Gasteiger partial charge in [-0.1, -0.05) is 15.9 Å². The lowest BCUT2D eigenvalue weighted by Crippen LogP contribution is -2.34. The van der Waals surface area contributed by atoms with Gasteiger partial charge in [-0.15, -0.1) is 0 Å². The number of nitrogens with one attached hydrogen (secondary N) is 1. The molecule has 0 saturated carbocycles. The number of methoxy groups -OCH3 is 3. The van der Waals surface area contributed by atoms with Gasteiger partial charge in [0.1, 0.15) is 6.61 Å². The molecule has 0 spiro atoms. The normalized spacial score (nSPS) is 18.7. The molecule has 1 aromatic rings. The summed E-state index contributed by atoms with van der Waals surface area (Å²) in [5, 5.41) is 3.28. The molecule has 1 heterocycles. The molecule has 2 aliphatic rings. The monoisotopic (exact) mass is 479 g/mol. The molecular formula is C22H26BrNO6. The van der Waals surface area contributed by atoms with Gasteiger partial charge in [-0.2, -0.15) is 0 Å². The number of dihydropyridines is 1. The first kappa shape index (κ1) is 22.4. The summed E-state index contributed by atoms with van der Waals surface area (Å²) in [5.74, 6) is 0.0533. The number of Topliss-reactive ketones (excluding diaryl/α,β-unsaturated/α-hetero) is 1. The van der Waals surface area contributed by atoms with E-state index in [1.807, 2.05) is 6.92 Å². The minimum atomic E-state index is -0.571. The Morgan fingerprint density at radius 2 is 1.83 bits per heavy atom. The van der Waals surface area contributed by atoms with Crippen molar-refractivity contribution in [1.82, 2.24) is 5.32 Å². The van der Waals surface area contributed by atoms with Gasteiger partial charge in [-0.3, -0.25) is 4.79 Å². The molecule has 1 atom stereocenters. The Labute approximate surface area is 184 Å². The van der Waals surface area contributed by atoms with Gasteiger partial charge in [0.05, 0.1) is 26.4 Å². The van der Waals surface area contributed by atoms with Gasteiger partial charge in [0.2, 0.25) is 0 Å². The number of allylic oxidation sites excluding steroid dienone is 3. The van der Waals surface area contributed by atoms with Gasteiger partial charge in [-0.25, -0.2) is 4.79 Å². The first-order valence-electron chi connectivity index (χ1n) is 9.74. The fourth-order valence-corrected chi connectivity index (χ4v) is 4.50. The highest BCUT2D eigenvalue weighted by molar-refractivity contribution is 9.10. The van der Waals surface area contributed by atoms with E-state index in [4.69, 9.17) is 18.9 Å². The first-order chi connectivity index (χ1) is 14.4. The number of benzene rings is 1. The smallest absolute Gasteiger partial charge is 0.336 e. The highest BCUT2D eigenvalue weighted by atomic mass is 79.9. The standard InChI is InChI=1S/C22H26BrNO6/c1-12-19(22(26)30-9-8-27-2)20(21-15(24-12)6-5-7-16(21)25)13-10-17(28-3)18(29-4)11-14(13)23/h10-11,20,24H,5-9H2,1-4H3/t20-/m0/s1. The molecule has 0 saturated heterocycles. The molecule has 0 bridgehead atoms. The Kier molecular flexibility index (Phi) is 7.20. The summed E-state index contributed by atoms with van der Waals surface area (Å²) in [6, 6.07) is 3.59. The van der Waals surface area contributed by atoms with Crippen molar-refractivity contribution in [3.63, 3.8) is 0 Å². The zero-order valence-corrected chi connectivity index (χ0v) is 19.2. The first-order valence-corrected chi connectivity index (χ1v) is 10.5. The average molecular weight is 480 g/mol. The molecule has 7 nitrogen and oxygen atoms in total. The van der Waals surface area contributed by atoms with Crippen LogP contribution >= 0.6 is 15.9 Å². The van der Waals surface area contributed by atoms with Crippen LogP contribution in [0.3, 0.4) is 0 Å². The van der Waals surface area contributed by atoms with Crippen LogP contribution < -0.4 is 14.8 Å². The summed E-state index contributed by atoms with van der Waals surface area (Å²) >= 11 is 3.60. The van der Waals surface area contributed by atoms with E-state index in [9.17, 15) is 9.59 Å². The topological polar surface area (TPSA) is 83.1 Å². The maximum atomic E-state index is 13.1. The SMILES string of the molecule is COCCOC(=O)C1=C(C)NC2=C(C(=O)CCC2)[C@H]1c1cc(OC)c(OC)cc1Br. The van der Waals surface area contributed by atoms with Crippen molar-refractivity contribution in [3.05, 3.63) is 44.7 Å². The second-order valence-electron chi connectivity index (χ2n) is 7.12. The Morgan fingerprint density at radius 1 is 1.13 bits per heavy atom. The fraction of sp³-hybridized carbons (Fsp3) is 0.455. The van der Waals surface area contributed by atoms with Gasteiger partial charge < -0.3 is 24.3 Å². The van der Waals surface area contributed by atoms with E-state index in [0.717, 1.165) is 24.1 Å². The Bertz CT molecular complexity index is 920. The Hall–Kier alpha value is -2.32. The third kappa shape index (κ3) is 4.25. The number of carbonyl (C=O) groups excluding carboxylic acids is 2. The Morgan fingerprint density at radius 3 is 2.50 bits per heavy atom. The molecule has 1 aliphatic heterocycles. The highest BCUT2D eigenvalue weighted by Crippen LogP contribution is 2.47. The molecule has 1 N–H and O–H groups in total. The maximum Gasteiger partial charge on any atom is 0.336 e. The van der Waals surface area contributed by atoms with Crippen molar-refractivity contribution >= 4 is 27.7 Å². The van der Waals surface area contributed by atoms with E-state index in [1.54, 1.807) is 33.5 Å². The largest absolute Gasteiger partial charge is 0.493 e.